The Kier molecular flexibility index (Phi) is 6.35. The highest BCUT2D eigenvalue weighted by Crippen LogP contribution is 2.51. The van der Waals surface area contributed by atoms with Crippen LogP contribution in [-0.2, 0) is 6.42 Å². The number of benzene rings is 9. The standard InChI is InChI=1S/C49H32/c1-2-15-33(16-3-1)38-24-12-27-41(40-26-13-25-39-37-19-7-6-18-35(37)31-46(39)40)48(38)49-44-22-10-8-20-42(44)47(43-21-9-11-23-45(43)49)36-29-28-32-14-4-5-17-34(32)30-36/h1-30H,31H2. The van der Waals surface area contributed by atoms with Crippen molar-refractivity contribution in [3.8, 4) is 55.6 Å². The molecule has 228 valence electrons. The molecule has 1 aliphatic carbocycles. The molecule has 0 unspecified atom stereocenters. The van der Waals surface area contributed by atoms with E-state index >= 15 is 0 Å². The average Bonchev–Trinajstić information content (AvgIpc) is 3.56. The molecule has 0 saturated heterocycles. The van der Waals surface area contributed by atoms with Gasteiger partial charge in [0.25, 0.3) is 0 Å². The maximum Gasteiger partial charge on any atom is -0.000728 e. The highest BCUT2D eigenvalue weighted by Gasteiger charge is 2.26. The molecule has 1 aliphatic rings. The third kappa shape index (κ3) is 4.38. The van der Waals surface area contributed by atoms with Crippen LogP contribution in [0.3, 0.4) is 0 Å². The van der Waals surface area contributed by atoms with Gasteiger partial charge in [-0.3, -0.25) is 0 Å². The van der Waals surface area contributed by atoms with Crippen molar-refractivity contribution in [2.75, 3.05) is 0 Å². The van der Waals surface area contributed by atoms with Crippen LogP contribution < -0.4 is 0 Å². The zero-order chi connectivity index (χ0) is 32.3. The summed E-state index contributed by atoms with van der Waals surface area (Å²) in [7, 11) is 0. The molecule has 0 heteroatoms. The van der Waals surface area contributed by atoms with Crippen LogP contribution in [0.1, 0.15) is 11.1 Å². The number of fused-ring (bicyclic) bond motifs is 6. The Morgan fingerprint density at radius 2 is 0.816 bits per heavy atom. The Labute approximate surface area is 286 Å². The Hall–Kier alpha value is -6.24. The fourth-order valence-electron chi connectivity index (χ4n) is 8.37. The molecule has 0 atom stereocenters. The lowest BCUT2D eigenvalue weighted by Gasteiger charge is -2.23. The lowest BCUT2D eigenvalue weighted by atomic mass is 9.80. The Bertz CT molecular complexity index is 2670. The molecule has 0 fully saturated rings. The third-order valence-corrected chi connectivity index (χ3v) is 10.5. The first kappa shape index (κ1) is 27.8. The van der Waals surface area contributed by atoms with Gasteiger partial charge in [0.2, 0.25) is 0 Å². The van der Waals surface area contributed by atoms with E-state index in [4.69, 9.17) is 0 Å². The molecule has 0 spiro atoms. The summed E-state index contributed by atoms with van der Waals surface area (Å²) in [6, 6.07) is 67.3. The van der Waals surface area contributed by atoms with Crippen molar-refractivity contribution >= 4 is 32.3 Å². The van der Waals surface area contributed by atoms with Gasteiger partial charge < -0.3 is 0 Å². The maximum atomic E-state index is 2.36. The molecular weight excluding hydrogens is 589 g/mol. The molecular formula is C49H32. The highest BCUT2D eigenvalue weighted by molar-refractivity contribution is 6.24. The van der Waals surface area contributed by atoms with Crippen LogP contribution in [0.2, 0.25) is 0 Å². The van der Waals surface area contributed by atoms with Crippen molar-refractivity contribution < 1.29 is 0 Å². The lowest BCUT2D eigenvalue weighted by molar-refractivity contribution is 1.26. The van der Waals surface area contributed by atoms with Gasteiger partial charge in [0.05, 0.1) is 0 Å². The smallest absolute Gasteiger partial charge is 0.000728 e. The minimum atomic E-state index is 0.944. The summed E-state index contributed by atoms with van der Waals surface area (Å²) in [4.78, 5) is 0. The van der Waals surface area contributed by atoms with E-state index in [0.717, 1.165) is 6.42 Å². The molecule has 0 aliphatic heterocycles. The molecule has 10 rings (SSSR count). The van der Waals surface area contributed by atoms with Gasteiger partial charge in [-0.1, -0.05) is 176 Å². The van der Waals surface area contributed by atoms with Crippen LogP contribution in [0.5, 0.6) is 0 Å². The van der Waals surface area contributed by atoms with Crippen LogP contribution in [0, 0.1) is 0 Å². The fourth-order valence-corrected chi connectivity index (χ4v) is 8.37. The molecule has 0 N–H and O–H groups in total. The molecule has 9 aromatic rings. The number of rotatable bonds is 4. The zero-order valence-electron chi connectivity index (χ0n) is 27.0. The van der Waals surface area contributed by atoms with Crippen LogP contribution in [-0.4, -0.2) is 0 Å². The predicted molar refractivity (Wildman–Crippen MR) is 209 cm³/mol. The Morgan fingerprint density at radius 1 is 0.286 bits per heavy atom. The SMILES string of the molecule is c1ccc(-c2cccc(-c3cccc4c3Cc3ccccc3-4)c2-c2c3ccccc3c(-c3ccc4ccccc4c3)c3ccccc23)cc1. The van der Waals surface area contributed by atoms with E-state index < -0.39 is 0 Å². The normalized spacial score (nSPS) is 12.0. The van der Waals surface area contributed by atoms with Crippen molar-refractivity contribution in [1.82, 2.24) is 0 Å². The van der Waals surface area contributed by atoms with Gasteiger partial charge in [-0.25, -0.2) is 0 Å². The number of hydrogen-bond acceptors (Lipinski definition) is 0. The van der Waals surface area contributed by atoms with Gasteiger partial charge in [0, 0.05) is 0 Å². The molecule has 0 bridgehead atoms. The van der Waals surface area contributed by atoms with E-state index in [9.17, 15) is 0 Å². The van der Waals surface area contributed by atoms with E-state index in [-0.39, 0.29) is 0 Å². The molecule has 0 nitrogen and oxygen atoms in total. The van der Waals surface area contributed by atoms with Crippen molar-refractivity contribution in [2.45, 2.75) is 6.42 Å². The minimum Gasteiger partial charge on any atom is -0.0622 e. The summed E-state index contributed by atoms with van der Waals surface area (Å²) in [6.07, 6.45) is 0.944. The van der Waals surface area contributed by atoms with E-state index in [1.165, 1.54) is 99.1 Å². The van der Waals surface area contributed by atoms with Crippen LogP contribution in [0.25, 0.3) is 88.0 Å². The van der Waals surface area contributed by atoms with Gasteiger partial charge in [0.15, 0.2) is 0 Å². The minimum absolute atomic E-state index is 0.944. The second-order valence-corrected chi connectivity index (χ2v) is 13.2. The van der Waals surface area contributed by atoms with E-state index in [1.54, 1.807) is 0 Å². The van der Waals surface area contributed by atoms with Crippen molar-refractivity contribution in [1.29, 1.82) is 0 Å². The summed E-state index contributed by atoms with van der Waals surface area (Å²) >= 11 is 0. The van der Waals surface area contributed by atoms with Crippen molar-refractivity contribution in [3.05, 3.63) is 193 Å². The van der Waals surface area contributed by atoms with Gasteiger partial charge >= 0.3 is 0 Å². The second kappa shape index (κ2) is 11.2. The van der Waals surface area contributed by atoms with E-state index in [0.29, 0.717) is 0 Å². The van der Waals surface area contributed by atoms with Crippen molar-refractivity contribution in [3.63, 3.8) is 0 Å². The molecule has 0 amide bonds. The zero-order valence-corrected chi connectivity index (χ0v) is 27.0. The van der Waals surface area contributed by atoms with Crippen LogP contribution in [0.4, 0.5) is 0 Å². The molecule has 9 aromatic carbocycles. The van der Waals surface area contributed by atoms with E-state index in [1.807, 2.05) is 0 Å². The Morgan fingerprint density at radius 3 is 1.55 bits per heavy atom. The summed E-state index contributed by atoms with van der Waals surface area (Å²) in [5.74, 6) is 0. The monoisotopic (exact) mass is 620 g/mol. The summed E-state index contributed by atoms with van der Waals surface area (Å²) in [5.41, 5.74) is 15.7. The lowest BCUT2D eigenvalue weighted by Crippen LogP contribution is -1.97. The predicted octanol–water partition coefficient (Wildman–Crippen LogP) is 13.4. The molecule has 0 aromatic heterocycles. The Balaban J connectivity index is 1.33. The van der Waals surface area contributed by atoms with Gasteiger partial charge in [-0.05, 0) is 112 Å². The van der Waals surface area contributed by atoms with Gasteiger partial charge in [0.1, 0.15) is 0 Å². The maximum absolute atomic E-state index is 2.36. The van der Waals surface area contributed by atoms with Gasteiger partial charge in [-0.2, -0.15) is 0 Å². The van der Waals surface area contributed by atoms with E-state index in [2.05, 4.69) is 182 Å². The topological polar surface area (TPSA) is 0 Å². The fraction of sp³-hybridized carbons (Fsp3) is 0.0204. The van der Waals surface area contributed by atoms with Crippen LogP contribution in [0.15, 0.2) is 182 Å². The quantitative estimate of drug-likeness (QED) is 0.172. The largest absolute Gasteiger partial charge is 0.0622 e. The first-order chi connectivity index (χ1) is 24.3. The van der Waals surface area contributed by atoms with Gasteiger partial charge in [-0.15, -0.1) is 0 Å². The average molecular weight is 621 g/mol. The summed E-state index contributed by atoms with van der Waals surface area (Å²) < 4.78 is 0. The molecule has 0 saturated carbocycles. The first-order valence-corrected chi connectivity index (χ1v) is 17.2. The van der Waals surface area contributed by atoms with Crippen LogP contribution >= 0.6 is 0 Å². The highest BCUT2D eigenvalue weighted by atomic mass is 14.3. The second-order valence-electron chi connectivity index (χ2n) is 13.2. The van der Waals surface area contributed by atoms with Crippen molar-refractivity contribution in [2.24, 2.45) is 0 Å². The third-order valence-electron chi connectivity index (χ3n) is 10.5. The first-order valence-electron chi connectivity index (χ1n) is 17.2. The summed E-state index contributed by atoms with van der Waals surface area (Å²) in [6.45, 7) is 0. The number of hydrogen-bond donors (Lipinski definition) is 0. The summed E-state index contributed by atoms with van der Waals surface area (Å²) in [5, 5.41) is 7.59. The molecule has 49 heavy (non-hydrogen) atoms. The molecule has 0 heterocycles. The molecule has 0 radical (unpaired) electrons.